The molecule has 3 heterocycles. The Morgan fingerprint density at radius 2 is 1.74 bits per heavy atom. The molecule has 6 rings (SSSR count). The molecule has 34 heavy (non-hydrogen) atoms. The molecule has 3 aliphatic rings. The predicted octanol–water partition coefficient (Wildman–Crippen LogP) is 5.31. The van der Waals surface area contributed by atoms with E-state index in [1.807, 2.05) is 56.3 Å². The molecule has 1 fully saturated rings. The first-order valence-electron chi connectivity index (χ1n) is 11.8. The number of aryl methyl sites for hydroxylation is 1. The topological polar surface area (TPSA) is 39.2 Å². The fourth-order valence-corrected chi connectivity index (χ4v) is 6.02. The summed E-state index contributed by atoms with van der Waals surface area (Å²) in [5, 5.41) is 7.21. The highest BCUT2D eigenvalue weighted by Crippen LogP contribution is 2.48. The fourth-order valence-electron chi connectivity index (χ4n) is 5.84. The molecule has 0 saturated carbocycles. The lowest BCUT2D eigenvalue weighted by Crippen LogP contribution is -2.67. The molecule has 0 N–H and O–H groups in total. The van der Waals surface area contributed by atoms with Crippen molar-refractivity contribution in [3.8, 4) is 0 Å². The number of benzene rings is 3. The van der Waals surface area contributed by atoms with E-state index in [0.29, 0.717) is 6.42 Å². The number of piperazine rings is 1. The third-order valence-electron chi connectivity index (χ3n) is 7.64. The van der Waals surface area contributed by atoms with Gasteiger partial charge in [0.05, 0.1) is 17.4 Å². The van der Waals surface area contributed by atoms with Gasteiger partial charge in [-0.15, -0.1) is 0 Å². The molecule has 1 saturated heterocycles. The number of para-hydroxylation sites is 1. The lowest BCUT2D eigenvalue weighted by molar-refractivity contribution is -0.125. The number of hydrogen-bond donors (Lipinski definition) is 0. The molecule has 1 amide bonds. The van der Waals surface area contributed by atoms with Crippen LogP contribution in [0.3, 0.4) is 0 Å². The molecule has 0 bridgehead atoms. The van der Waals surface area contributed by atoms with Gasteiger partial charge in [0.1, 0.15) is 5.41 Å². The van der Waals surface area contributed by atoms with E-state index >= 15 is 0 Å². The molecule has 1 spiro atoms. The number of amides is 1. The van der Waals surface area contributed by atoms with Crippen molar-refractivity contribution in [1.82, 2.24) is 0 Å². The average Bonchev–Trinajstić information content (AvgIpc) is 3.10. The Kier molecular flexibility index (Phi) is 4.92. The van der Waals surface area contributed by atoms with Crippen LogP contribution < -0.4 is 14.8 Å². The highest BCUT2D eigenvalue weighted by Gasteiger charge is 2.59. The van der Waals surface area contributed by atoms with Crippen molar-refractivity contribution in [2.75, 3.05) is 34.4 Å². The molecule has 0 aliphatic carbocycles. The number of hydrazone groups is 1. The molecule has 3 aromatic rings. The summed E-state index contributed by atoms with van der Waals surface area (Å²) in [5.74, 6) is 0.0614. The molecule has 0 radical (unpaired) electrons. The zero-order chi connectivity index (χ0) is 23.4. The lowest BCUT2D eigenvalue weighted by atomic mass is 9.67. The van der Waals surface area contributed by atoms with Gasteiger partial charge in [0.15, 0.2) is 0 Å². The Morgan fingerprint density at radius 1 is 0.941 bits per heavy atom. The standard InChI is InChI=1S/C28H27ClN4O/c1-19-10-12-23(13-11-19)33-27(34)28(20(2)30-33)17-21-6-3-4-9-25(21)32-15-14-31(18-26(28)32)24-8-5-7-22(29)16-24/h3-13,16,26H,14-15,17-18H2,1-2H3/t26-,28+/m1/s1. The highest BCUT2D eigenvalue weighted by atomic mass is 35.5. The molecule has 6 heteroatoms. The first-order chi connectivity index (χ1) is 16.5. The number of hydrogen-bond acceptors (Lipinski definition) is 4. The van der Waals surface area contributed by atoms with Gasteiger partial charge in [-0.2, -0.15) is 10.1 Å². The third-order valence-corrected chi connectivity index (χ3v) is 7.88. The number of fused-ring (bicyclic) bond motifs is 4. The maximum atomic E-state index is 14.3. The molecule has 172 valence electrons. The predicted molar refractivity (Wildman–Crippen MR) is 139 cm³/mol. The summed E-state index contributed by atoms with van der Waals surface area (Å²) in [6.45, 7) is 6.51. The van der Waals surface area contributed by atoms with Crippen molar-refractivity contribution in [1.29, 1.82) is 0 Å². The van der Waals surface area contributed by atoms with Crippen LogP contribution in [-0.4, -0.2) is 37.3 Å². The maximum Gasteiger partial charge on any atom is 0.261 e. The third kappa shape index (κ3) is 3.14. The summed E-state index contributed by atoms with van der Waals surface area (Å²) in [7, 11) is 0. The number of halogens is 1. The van der Waals surface area contributed by atoms with Crippen molar-refractivity contribution >= 4 is 40.3 Å². The SMILES string of the molecule is CC1=NN(c2ccc(C)cc2)C(=O)[C@@]12Cc1ccccc1N1CCN(c3cccc(Cl)c3)C[C@@H]12. The van der Waals surface area contributed by atoms with Crippen LogP contribution in [0.2, 0.25) is 5.02 Å². The molecule has 5 nitrogen and oxygen atoms in total. The van der Waals surface area contributed by atoms with E-state index in [9.17, 15) is 4.79 Å². The summed E-state index contributed by atoms with van der Waals surface area (Å²) in [6, 6.07) is 24.5. The zero-order valence-electron chi connectivity index (χ0n) is 19.4. The Hall–Kier alpha value is -3.31. The van der Waals surface area contributed by atoms with Crippen LogP contribution in [-0.2, 0) is 11.2 Å². The van der Waals surface area contributed by atoms with Gasteiger partial charge in [-0.05, 0) is 62.2 Å². The number of carbonyl (C=O) groups excluding carboxylic acids is 1. The fraction of sp³-hybridized carbons (Fsp3) is 0.286. The Labute approximate surface area is 205 Å². The second-order valence-corrected chi connectivity index (χ2v) is 9.99. The van der Waals surface area contributed by atoms with Gasteiger partial charge in [-0.1, -0.05) is 53.6 Å². The highest BCUT2D eigenvalue weighted by molar-refractivity contribution is 6.30. The number of anilines is 3. The van der Waals surface area contributed by atoms with Gasteiger partial charge in [0.25, 0.3) is 5.91 Å². The van der Waals surface area contributed by atoms with Crippen LogP contribution in [0, 0.1) is 12.3 Å². The van der Waals surface area contributed by atoms with Crippen LogP contribution in [0.15, 0.2) is 77.9 Å². The van der Waals surface area contributed by atoms with E-state index in [0.717, 1.165) is 47.3 Å². The summed E-state index contributed by atoms with van der Waals surface area (Å²) < 4.78 is 0. The van der Waals surface area contributed by atoms with Gasteiger partial charge < -0.3 is 9.80 Å². The quantitative estimate of drug-likeness (QED) is 0.509. The molecule has 0 unspecified atom stereocenters. The lowest BCUT2D eigenvalue weighted by Gasteiger charge is -2.53. The van der Waals surface area contributed by atoms with Gasteiger partial charge in [-0.3, -0.25) is 4.79 Å². The molecule has 2 atom stereocenters. The van der Waals surface area contributed by atoms with Crippen molar-refractivity contribution in [3.05, 3.63) is 88.9 Å². The minimum Gasteiger partial charge on any atom is -0.368 e. The second kappa shape index (κ2) is 7.88. The van der Waals surface area contributed by atoms with Crippen LogP contribution in [0.1, 0.15) is 18.1 Å². The van der Waals surface area contributed by atoms with Crippen molar-refractivity contribution in [2.24, 2.45) is 10.5 Å². The van der Waals surface area contributed by atoms with Crippen LogP contribution >= 0.6 is 11.6 Å². The Balaban J connectivity index is 1.44. The largest absolute Gasteiger partial charge is 0.368 e. The van der Waals surface area contributed by atoms with E-state index in [-0.39, 0.29) is 11.9 Å². The second-order valence-electron chi connectivity index (χ2n) is 9.55. The summed E-state index contributed by atoms with van der Waals surface area (Å²) in [5.41, 5.74) is 5.69. The molecule has 0 aromatic heterocycles. The smallest absolute Gasteiger partial charge is 0.261 e. The van der Waals surface area contributed by atoms with Crippen LogP contribution in [0.4, 0.5) is 17.1 Å². The van der Waals surface area contributed by atoms with E-state index in [1.54, 1.807) is 5.01 Å². The van der Waals surface area contributed by atoms with Gasteiger partial charge in [-0.25, -0.2) is 0 Å². The normalized spacial score (nSPS) is 23.7. The summed E-state index contributed by atoms with van der Waals surface area (Å²) in [4.78, 5) is 19.1. The van der Waals surface area contributed by atoms with Crippen molar-refractivity contribution < 1.29 is 4.79 Å². The first kappa shape index (κ1) is 21.2. The van der Waals surface area contributed by atoms with Gasteiger partial charge in [0, 0.05) is 36.0 Å². The maximum absolute atomic E-state index is 14.3. The monoisotopic (exact) mass is 470 g/mol. The van der Waals surface area contributed by atoms with E-state index in [1.165, 1.54) is 11.3 Å². The number of rotatable bonds is 2. The van der Waals surface area contributed by atoms with E-state index < -0.39 is 5.41 Å². The van der Waals surface area contributed by atoms with Crippen molar-refractivity contribution in [2.45, 2.75) is 26.3 Å². The summed E-state index contributed by atoms with van der Waals surface area (Å²) in [6.07, 6.45) is 0.657. The zero-order valence-corrected chi connectivity index (χ0v) is 20.2. The average molecular weight is 471 g/mol. The minimum absolute atomic E-state index is 0.0261. The van der Waals surface area contributed by atoms with Gasteiger partial charge in [0.2, 0.25) is 0 Å². The minimum atomic E-state index is -0.712. The van der Waals surface area contributed by atoms with Crippen LogP contribution in [0.5, 0.6) is 0 Å². The number of carbonyl (C=O) groups is 1. The first-order valence-corrected chi connectivity index (χ1v) is 12.2. The Bertz CT molecular complexity index is 1300. The Morgan fingerprint density at radius 3 is 2.53 bits per heavy atom. The summed E-state index contributed by atoms with van der Waals surface area (Å²) >= 11 is 6.32. The molecule has 3 aromatic carbocycles. The van der Waals surface area contributed by atoms with Gasteiger partial charge >= 0.3 is 0 Å². The van der Waals surface area contributed by atoms with Crippen LogP contribution in [0.25, 0.3) is 0 Å². The molecule has 3 aliphatic heterocycles. The number of nitrogens with zero attached hydrogens (tertiary/aromatic N) is 4. The van der Waals surface area contributed by atoms with Crippen molar-refractivity contribution in [3.63, 3.8) is 0 Å². The van der Waals surface area contributed by atoms with E-state index in [4.69, 9.17) is 16.7 Å². The van der Waals surface area contributed by atoms with E-state index in [2.05, 4.69) is 40.1 Å². The molecular weight excluding hydrogens is 444 g/mol. The molecular formula is C28H27ClN4O.